The van der Waals surface area contributed by atoms with Crippen molar-refractivity contribution in [2.75, 3.05) is 26.2 Å². The van der Waals surface area contributed by atoms with Gasteiger partial charge < -0.3 is 19.5 Å². The molecule has 1 aliphatic heterocycles. The van der Waals surface area contributed by atoms with Crippen molar-refractivity contribution in [2.45, 2.75) is 19.3 Å². The number of hydrogen-bond acceptors (Lipinski definition) is 4. The van der Waals surface area contributed by atoms with Gasteiger partial charge in [-0.2, -0.15) is 0 Å². The van der Waals surface area contributed by atoms with Gasteiger partial charge in [-0.25, -0.2) is 0 Å². The maximum atomic E-state index is 12.0. The molecule has 1 aliphatic rings. The SMILES string of the molecule is Cn1c(=O)cc(OCC(=O)NCCCN2CCCC2=O)c2ccccc21. The molecule has 1 aromatic heterocycles. The highest BCUT2D eigenvalue weighted by atomic mass is 16.5. The van der Waals surface area contributed by atoms with E-state index < -0.39 is 0 Å². The Morgan fingerprint density at radius 3 is 2.85 bits per heavy atom. The van der Waals surface area contributed by atoms with Gasteiger partial charge in [0.05, 0.1) is 5.52 Å². The first-order valence-corrected chi connectivity index (χ1v) is 8.82. The van der Waals surface area contributed by atoms with Crippen LogP contribution in [0, 0.1) is 0 Å². The molecule has 0 atom stereocenters. The van der Waals surface area contributed by atoms with Gasteiger partial charge in [0.15, 0.2) is 6.61 Å². The lowest BCUT2D eigenvalue weighted by Crippen LogP contribution is -2.33. The number of nitrogens with zero attached hydrogens (tertiary/aromatic N) is 2. The Labute approximate surface area is 151 Å². The normalized spacial score (nSPS) is 14.0. The molecular formula is C19H23N3O4. The second kappa shape index (κ2) is 8.03. The summed E-state index contributed by atoms with van der Waals surface area (Å²) in [4.78, 5) is 37.3. The highest BCUT2D eigenvalue weighted by Crippen LogP contribution is 2.22. The average molecular weight is 357 g/mol. The first kappa shape index (κ1) is 18.0. The number of benzene rings is 1. The topological polar surface area (TPSA) is 80.6 Å². The zero-order valence-corrected chi connectivity index (χ0v) is 14.9. The number of carbonyl (C=O) groups is 2. The quantitative estimate of drug-likeness (QED) is 0.751. The van der Waals surface area contributed by atoms with E-state index in [-0.39, 0.29) is 24.0 Å². The molecule has 26 heavy (non-hydrogen) atoms. The van der Waals surface area contributed by atoms with Gasteiger partial charge in [0.2, 0.25) is 5.91 Å². The van der Waals surface area contributed by atoms with Crippen LogP contribution in [0.3, 0.4) is 0 Å². The fourth-order valence-electron chi connectivity index (χ4n) is 3.13. The lowest BCUT2D eigenvalue weighted by molar-refractivity contribution is -0.127. The Kier molecular flexibility index (Phi) is 5.55. The predicted molar refractivity (Wildman–Crippen MR) is 98.1 cm³/mol. The molecule has 1 fully saturated rings. The third kappa shape index (κ3) is 4.04. The van der Waals surface area contributed by atoms with E-state index in [0.717, 1.165) is 23.9 Å². The lowest BCUT2D eigenvalue weighted by Gasteiger charge is -2.15. The second-order valence-electron chi connectivity index (χ2n) is 6.40. The highest BCUT2D eigenvalue weighted by molar-refractivity contribution is 5.86. The van der Waals surface area contributed by atoms with Crippen LogP contribution in [0.2, 0.25) is 0 Å². The van der Waals surface area contributed by atoms with Gasteiger partial charge in [-0.05, 0) is 25.0 Å². The Morgan fingerprint density at radius 2 is 2.08 bits per heavy atom. The van der Waals surface area contributed by atoms with Gasteiger partial charge >= 0.3 is 0 Å². The van der Waals surface area contributed by atoms with Gasteiger partial charge in [-0.3, -0.25) is 14.4 Å². The van der Waals surface area contributed by atoms with Crippen molar-refractivity contribution in [1.29, 1.82) is 0 Å². The molecule has 1 saturated heterocycles. The Hall–Kier alpha value is -2.83. The molecule has 138 valence electrons. The fourth-order valence-corrected chi connectivity index (χ4v) is 3.13. The molecule has 0 unspecified atom stereocenters. The molecule has 0 bridgehead atoms. The van der Waals surface area contributed by atoms with Crippen LogP contribution < -0.4 is 15.6 Å². The summed E-state index contributed by atoms with van der Waals surface area (Å²) in [5.74, 6) is 0.348. The highest BCUT2D eigenvalue weighted by Gasteiger charge is 2.19. The van der Waals surface area contributed by atoms with Gasteiger partial charge in [0.1, 0.15) is 5.75 Å². The summed E-state index contributed by atoms with van der Waals surface area (Å²) in [5.41, 5.74) is 0.570. The summed E-state index contributed by atoms with van der Waals surface area (Å²) in [6.45, 7) is 1.81. The average Bonchev–Trinajstić information content (AvgIpc) is 3.05. The standard InChI is InChI=1S/C19H23N3O4/c1-21-15-7-3-2-6-14(15)16(12-19(21)25)26-13-17(23)20-9-5-11-22-10-4-8-18(22)24/h2-3,6-7,12H,4-5,8-11,13H2,1H3,(H,20,23). The summed E-state index contributed by atoms with van der Waals surface area (Å²) >= 11 is 0. The van der Waals surface area contributed by atoms with Crippen molar-refractivity contribution < 1.29 is 14.3 Å². The molecule has 1 N–H and O–H groups in total. The zero-order chi connectivity index (χ0) is 18.5. The molecule has 2 amide bonds. The Morgan fingerprint density at radius 1 is 1.27 bits per heavy atom. The van der Waals surface area contributed by atoms with Gasteiger partial charge in [-0.15, -0.1) is 0 Å². The summed E-state index contributed by atoms with van der Waals surface area (Å²) < 4.78 is 7.12. The van der Waals surface area contributed by atoms with Crippen LogP contribution in [0.15, 0.2) is 35.1 Å². The number of aryl methyl sites for hydroxylation is 1. The molecule has 0 saturated carbocycles. The number of nitrogens with one attached hydrogen (secondary N) is 1. The van der Waals surface area contributed by atoms with E-state index in [1.807, 2.05) is 29.2 Å². The van der Waals surface area contributed by atoms with Gasteiger partial charge in [0.25, 0.3) is 11.5 Å². The third-order valence-electron chi connectivity index (χ3n) is 4.57. The monoisotopic (exact) mass is 357 g/mol. The number of aromatic nitrogens is 1. The molecule has 7 nitrogen and oxygen atoms in total. The summed E-state index contributed by atoms with van der Waals surface area (Å²) in [6, 6.07) is 8.80. The molecule has 2 heterocycles. The summed E-state index contributed by atoms with van der Waals surface area (Å²) in [5, 5.41) is 3.57. The summed E-state index contributed by atoms with van der Waals surface area (Å²) in [7, 11) is 1.70. The van der Waals surface area contributed by atoms with E-state index in [1.165, 1.54) is 6.07 Å². The van der Waals surface area contributed by atoms with Crippen LogP contribution >= 0.6 is 0 Å². The fraction of sp³-hybridized carbons (Fsp3) is 0.421. The van der Waals surface area contributed by atoms with Crippen molar-refractivity contribution in [3.63, 3.8) is 0 Å². The first-order valence-electron chi connectivity index (χ1n) is 8.82. The van der Waals surface area contributed by atoms with Crippen LogP contribution in [0.25, 0.3) is 10.9 Å². The summed E-state index contributed by atoms with van der Waals surface area (Å²) in [6.07, 6.45) is 2.26. The molecule has 2 aromatic rings. The van der Waals surface area contributed by atoms with E-state index >= 15 is 0 Å². The minimum absolute atomic E-state index is 0.153. The number of hydrogen-bond donors (Lipinski definition) is 1. The van der Waals surface area contributed by atoms with Crippen LogP contribution in [0.1, 0.15) is 19.3 Å². The zero-order valence-electron chi connectivity index (χ0n) is 14.9. The maximum absolute atomic E-state index is 12.0. The Balaban J connectivity index is 1.50. The van der Waals surface area contributed by atoms with Crippen molar-refractivity contribution in [2.24, 2.45) is 7.05 Å². The van der Waals surface area contributed by atoms with Crippen molar-refractivity contribution in [1.82, 2.24) is 14.8 Å². The number of para-hydroxylation sites is 1. The molecule has 7 heteroatoms. The van der Waals surface area contributed by atoms with Crippen molar-refractivity contribution in [3.8, 4) is 5.75 Å². The lowest BCUT2D eigenvalue weighted by atomic mass is 10.2. The molecule has 1 aromatic carbocycles. The number of amides is 2. The minimum Gasteiger partial charge on any atom is -0.483 e. The predicted octanol–water partition coefficient (Wildman–Crippen LogP) is 1.05. The number of carbonyl (C=O) groups excluding carboxylic acids is 2. The van der Waals surface area contributed by atoms with E-state index in [4.69, 9.17) is 4.74 Å². The Bertz CT molecular complexity index is 875. The third-order valence-corrected chi connectivity index (χ3v) is 4.57. The van der Waals surface area contributed by atoms with Gasteiger partial charge in [-0.1, -0.05) is 12.1 Å². The molecular weight excluding hydrogens is 334 g/mol. The van der Waals surface area contributed by atoms with Gasteiger partial charge in [0, 0.05) is 44.6 Å². The number of rotatable bonds is 7. The number of likely N-dealkylation sites (tertiary alicyclic amines) is 1. The number of fused-ring (bicyclic) bond motifs is 1. The molecule has 0 spiro atoms. The molecule has 0 aliphatic carbocycles. The van der Waals surface area contributed by atoms with E-state index in [9.17, 15) is 14.4 Å². The number of ether oxygens (including phenoxy) is 1. The van der Waals surface area contributed by atoms with Crippen LogP contribution in [0.4, 0.5) is 0 Å². The minimum atomic E-state index is -0.248. The van der Waals surface area contributed by atoms with E-state index in [2.05, 4.69) is 5.32 Å². The smallest absolute Gasteiger partial charge is 0.257 e. The van der Waals surface area contributed by atoms with E-state index in [1.54, 1.807) is 11.6 Å². The second-order valence-corrected chi connectivity index (χ2v) is 6.40. The van der Waals surface area contributed by atoms with Crippen LogP contribution in [-0.2, 0) is 16.6 Å². The van der Waals surface area contributed by atoms with Crippen LogP contribution in [0.5, 0.6) is 5.75 Å². The van der Waals surface area contributed by atoms with E-state index in [0.29, 0.717) is 31.7 Å². The number of pyridine rings is 1. The van der Waals surface area contributed by atoms with Crippen molar-refractivity contribution in [3.05, 3.63) is 40.7 Å². The largest absolute Gasteiger partial charge is 0.483 e. The van der Waals surface area contributed by atoms with Crippen LogP contribution in [-0.4, -0.2) is 47.5 Å². The first-order chi connectivity index (χ1) is 12.6. The maximum Gasteiger partial charge on any atom is 0.257 e. The van der Waals surface area contributed by atoms with Crippen molar-refractivity contribution >= 4 is 22.7 Å². The molecule has 3 rings (SSSR count). The molecule has 0 radical (unpaired) electrons.